The maximum Gasteiger partial charge on any atom is 0.289 e. The summed E-state index contributed by atoms with van der Waals surface area (Å²) in [6, 6.07) is 4.12. The van der Waals surface area contributed by atoms with Crippen molar-refractivity contribution < 1.29 is 18.7 Å². The number of ether oxygens (including phenoxy) is 2. The van der Waals surface area contributed by atoms with E-state index in [1.54, 1.807) is 18.4 Å². The summed E-state index contributed by atoms with van der Waals surface area (Å²) >= 11 is 0. The highest BCUT2D eigenvalue weighted by atomic mass is 16.5. The van der Waals surface area contributed by atoms with Crippen molar-refractivity contribution in [1.29, 1.82) is 0 Å². The minimum Gasteiger partial charge on any atom is -0.459 e. The van der Waals surface area contributed by atoms with Crippen molar-refractivity contribution in [2.45, 2.75) is 25.3 Å². The SMILES string of the molecule is O=C(c1ccco1)N1CCOCC2(CCN(C3CCOCC3)C2)C1. The lowest BCUT2D eigenvalue weighted by atomic mass is 9.87. The molecule has 3 aliphatic heterocycles. The van der Waals surface area contributed by atoms with Crippen LogP contribution in [0.5, 0.6) is 0 Å². The Bertz CT molecular complexity index is 555. The van der Waals surface area contributed by atoms with E-state index < -0.39 is 0 Å². The van der Waals surface area contributed by atoms with Crippen LogP contribution in [0, 0.1) is 5.41 Å². The molecule has 4 rings (SSSR count). The van der Waals surface area contributed by atoms with Gasteiger partial charge in [0.25, 0.3) is 5.91 Å². The fraction of sp³-hybridized carbons (Fsp3) is 0.722. The molecule has 3 aliphatic rings. The zero-order valence-corrected chi connectivity index (χ0v) is 14.1. The van der Waals surface area contributed by atoms with Gasteiger partial charge in [0.05, 0.1) is 19.5 Å². The molecule has 0 bridgehead atoms. The normalized spacial score (nSPS) is 29.9. The molecule has 1 spiro atoms. The summed E-state index contributed by atoms with van der Waals surface area (Å²) in [7, 11) is 0. The smallest absolute Gasteiger partial charge is 0.289 e. The minimum atomic E-state index is -0.0191. The molecule has 0 N–H and O–H groups in total. The van der Waals surface area contributed by atoms with Crippen LogP contribution in [0.1, 0.15) is 29.8 Å². The Morgan fingerprint density at radius 3 is 2.79 bits per heavy atom. The largest absolute Gasteiger partial charge is 0.459 e. The molecule has 0 aromatic carbocycles. The van der Waals surface area contributed by atoms with Gasteiger partial charge >= 0.3 is 0 Å². The van der Waals surface area contributed by atoms with E-state index in [1.807, 2.05) is 4.90 Å². The van der Waals surface area contributed by atoms with Crippen LogP contribution >= 0.6 is 0 Å². The van der Waals surface area contributed by atoms with Crippen molar-refractivity contribution in [3.8, 4) is 0 Å². The monoisotopic (exact) mass is 334 g/mol. The third-order valence-electron chi connectivity index (χ3n) is 5.63. The maximum absolute atomic E-state index is 12.7. The van der Waals surface area contributed by atoms with E-state index in [0.29, 0.717) is 25.0 Å². The van der Waals surface area contributed by atoms with Gasteiger partial charge in [0.2, 0.25) is 0 Å². The molecule has 1 aromatic rings. The summed E-state index contributed by atoms with van der Waals surface area (Å²) in [5.41, 5.74) is 0.0526. The number of hydrogen-bond donors (Lipinski definition) is 0. The number of hydrogen-bond acceptors (Lipinski definition) is 5. The molecule has 3 fully saturated rings. The van der Waals surface area contributed by atoms with Gasteiger partial charge in [-0.1, -0.05) is 0 Å². The van der Waals surface area contributed by atoms with Gasteiger partial charge in [-0.05, 0) is 37.9 Å². The summed E-state index contributed by atoms with van der Waals surface area (Å²) in [6.07, 6.45) is 4.88. The van der Waals surface area contributed by atoms with Crippen LogP contribution in [0.3, 0.4) is 0 Å². The molecule has 132 valence electrons. The standard InChI is InChI=1S/C18H26N2O4/c21-17(16-2-1-8-24-16)20-7-11-23-14-18(13-20)5-6-19(12-18)15-3-9-22-10-4-15/h1-2,8,15H,3-7,9-14H2. The predicted molar refractivity (Wildman–Crippen MR) is 87.9 cm³/mol. The van der Waals surface area contributed by atoms with Gasteiger partial charge in [0.15, 0.2) is 5.76 Å². The fourth-order valence-electron chi connectivity index (χ4n) is 4.30. The van der Waals surface area contributed by atoms with Gasteiger partial charge < -0.3 is 18.8 Å². The molecule has 6 nitrogen and oxygen atoms in total. The second-order valence-electron chi connectivity index (χ2n) is 7.32. The molecule has 0 aliphatic carbocycles. The Balaban J connectivity index is 1.45. The quantitative estimate of drug-likeness (QED) is 0.823. The van der Waals surface area contributed by atoms with Crippen molar-refractivity contribution in [2.75, 3.05) is 52.6 Å². The average Bonchev–Trinajstić information content (AvgIpc) is 3.24. The second kappa shape index (κ2) is 6.86. The topological polar surface area (TPSA) is 55.2 Å². The molecular formula is C18H26N2O4. The lowest BCUT2D eigenvalue weighted by Gasteiger charge is -2.35. The van der Waals surface area contributed by atoms with Crippen molar-refractivity contribution in [2.24, 2.45) is 5.41 Å². The van der Waals surface area contributed by atoms with Crippen LogP contribution in [0.15, 0.2) is 22.8 Å². The highest BCUT2D eigenvalue weighted by Crippen LogP contribution is 2.36. The second-order valence-corrected chi connectivity index (χ2v) is 7.32. The molecule has 4 heterocycles. The van der Waals surface area contributed by atoms with E-state index in [9.17, 15) is 4.79 Å². The number of carbonyl (C=O) groups is 1. The summed E-state index contributed by atoms with van der Waals surface area (Å²) in [5.74, 6) is 0.403. The first-order chi connectivity index (χ1) is 11.8. The van der Waals surface area contributed by atoms with Crippen molar-refractivity contribution in [1.82, 2.24) is 9.80 Å². The van der Waals surface area contributed by atoms with Crippen LogP contribution in [0.2, 0.25) is 0 Å². The molecule has 0 radical (unpaired) electrons. The van der Waals surface area contributed by atoms with Crippen LogP contribution in [-0.4, -0.2) is 74.4 Å². The Morgan fingerprint density at radius 1 is 1.12 bits per heavy atom. The first kappa shape index (κ1) is 16.1. The third-order valence-corrected chi connectivity index (χ3v) is 5.63. The number of likely N-dealkylation sites (tertiary alicyclic amines) is 1. The van der Waals surface area contributed by atoms with Gasteiger partial charge in [-0.15, -0.1) is 0 Å². The summed E-state index contributed by atoms with van der Waals surface area (Å²) in [4.78, 5) is 17.2. The lowest BCUT2D eigenvalue weighted by molar-refractivity contribution is 0.0283. The Hall–Kier alpha value is -1.37. The van der Waals surface area contributed by atoms with Crippen LogP contribution in [0.4, 0.5) is 0 Å². The maximum atomic E-state index is 12.7. The van der Waals surface area contributed by atoms with E-state index >= 15 is 0 Å². The van der Waals surface area contributed by atoms with Crippen LogP contribution in [0.25, 0.3) is 0 Å². The highest BCUT2D eigenvalue weighted by Gasteiger charge is 2.44. The molecule has 1 atom stereocenters. The number of carbonyl (C=O) groups excluding carboxylic acids is 1. The van der Waals surface area contributed by atoms with Crippen molar-refractivity contribution in [3.63, 3.8) is 0 Å². The van der Waals surface area contributed by atoms with Gasteiger partial charge in [-0.3, -0.25) is 9.69 Å². The Morgan fingerprint density at radius 2 is 2.00 bits per heavy atom. The number of furan rings is 1. The van der Waals surface area contributed by atoms with Gasteiger partial charge in [-0.25, -0.2) is 0 Å². The molecule has 24 heavy (non-hydrogen) atoms. The summed E-state index contributed by atoms with van der Waals surface area (Å²) in [5, 5.41) is 0. The zero-order chi connectivity index (χ0) is 16.4. The predicted octanol–water partition coefficient (Wildman–Crippen LogP) is 1.62. The minimum absolute atomic E-state index is 0.0191. The lowest BCUT2D eigenvalue weighted by Crippen LogP contribution is -2.45. The molecule has 1 unspecified atom stereocenters. The van der Waals surface area contributed by atoms with Gasteiger partial charge in [0.1, 0.15) is 0 Å². The number of amides is 1. The third kappa shape index (κ3) is 3.23. The van der Waals surface area contributed by atoms with Gasteiger partial charge in [-0.2, -0.15) is 0 Å². The fourth-order valence-corrected chi connectivity index (χ4v) is 4.30. The first-order valence-corrected chi connectivity index (χ1v) is 8.98. The van der Waals surface area contributed by atoms with E-state index in [-0.39, 0.29) is 11.3 Å². The Kier molecular flexibility index (Phi) is 4.61. The van der Waals surface area contributed by atoms with E-state index in [2.05, 4.69) is 4.90 Å². The van der Waals surface area contributed by atoms with E-state index in [0.717, 1.165) is 58.7 Å². The molecule has 0 saturated carbocycles. The van der Waals surface area contributed by atoms with E-state index in [1.165, 1.54) is 0 Å². The molecule has 1 aromatic heterocycles. The molecular weight excluding hydrogens is 308 g/mol. The molecule has 6 heteroatoms. The number of rotatable bonds is 2. The summed E-state index contributed by atoms with van der Waals surface area (Å²) in [6.45, 7) is 6.59. The van der Waals surface area contributed by atoms with Crippen molar-refractivity contribution >= 4 is 5.91 Å². The van der Waals surface area contributed by atoms with E-state index in [4.69, 9.17) is 13.9 Å². The molecule has 3 saturated heterocycles. The molecule has 1 amide bonds. The first-order valence-electron chi connectivity index (χ1n) is 8.98. The number of nitrogens with zero attached hydrogens (tertiary/aromatic N) is 2. The van der Waals surface area contributed by atoms with Gasteiger partial charge in [0, 0.05) is 44.3 Å². The van der Waals surface area contributed by atoms with Crippen LogP contribution in [-0.2, 0) is 9.47 Å². The zero-order valence-electron chi connectivity index (χ0n) is 14.1. The highest BCUT2D eigenvalue weighted by molar-refractivity contribution is 5.91. The van der Waals surface area contributed by atoms with Crippen molar-refractivity contribution in [3.05, 3.63) is 24.2 Å². The van der Waals surface area contributed by atoms with Crippen LogP contribution < -0.4 is 0 Å². The average molecular weight is 334 g/mol. The Labute approximate surface area is 142 Å². The summed E-state index contributed by atoms with van der Waals surface area (Å²) < 4.78 is 16.7.